The van der Waals surface area contributed by atoms with Crippen LogP contribution < -0.4 is 10.1 Å². The molecule has 0 aliphatic rings. The molecule has 152 valence electrons. The Hall–Kier alpha value is -3.24. The molecule has 1 N–H and O–H groups in total. The number of methoxy groups -OCH3 is 1. The Morgan fingerprint density at radius 3 is 2.55 bits per heavy atom. The number of ether oxygens (including phenoxy) is 1. The minimum Gasteiger partial charge on any atom is -0.497 e. The lowest BCUT2D eigenvalue weighted by atomic mass is 10.2. The summed E-state index contributed by atoms with van der Waals surface area (Å²) in [7, 11) is 0.808. The fraction of sp³-hybridized carbons (Fsp3) is 0.211. The highest BCUT2D eigenvalue weighted by atomic mass is 32.2. The van der Waals surface area contributed by atoms with Crippen LogP contribution >= 0.6 is 0 Å². The molecule has 1 aromatic heterocycles. The molecule has 2 aromatic carbocycles. The summed E-state index contributed by atoms with van der Waals surface area (Å²) in [5.41, 5.74) is 0.955. The molecule has 0 aliphatic carbocycles. The first-order valence-electron chi connectivity index (χ1n) is 8.59. The number of carbonyl (C=O) groups is 1. The standard InChI is InChI=1S/C19H20N4O5S/c1-23(2)29(25,26)16-6-4-5-14(11-16)19(24)20-12-17-21-18(22-28-17)13-7-9-15(27-3)10-8-13/h4-11H,12H2,1-3H3,(H,20,24). The zero-order chi connectivity index (χ0) is 21.0. The molecule has 3 aromatic rings. The average Bonchev–Trinajstić information content (AvgIpc) is 3.21. The normalized spacial score (nSPS) is 11.4. The van der Waals surface area contributed by atoms with Gasteiger partial charge in [0.2, 0.25) is 21.7 Å². The van der Waals surface area contributed by atoms with Crippen molar-refractivity contribution in [2.75, 3.05) is 21.2 Å². The number of amides is 1. The van der Waals surface area contributed by atoms with Crippen molar-refractivity contribution >= 4 is 15.9 Å². The molecule has 0 atom stereocenters. The summed E-state index contributed by atoms with van der Waals surface area (Å²) in [4.78, 5) is 16.7. The van der Waals surface area contributed by atoms with Gasteiger partial charge >= 0.3 is 0 Å². The molecular weight excluding hydrogens is 396 g/mol. The molecule has 0 unspecified atom stereocenters. The maximum atomic E-state index is 12.4. The van der Waals surface area contributed by atoms with Crippen LogP contribution in [-0.2, 0) is 16.6 Å². The van der Waals surface area contributed by atoms with E-state index in [1.807, 2.05) is 0 Å². The average molecular weight is 416 g/mol. The second-order valence-corrected chi connectivity index (χ2v) is 8.39. The number of rotatable bonds is 7. The number of hydrogen-bond acceptors (Lipinski definition) is 7. The summed E-state index contributed by atoms with van der Waals surface area (Å²) in [5, 5.41) is 6.54. The van der Waals surface area contributed by atoms with E-state index in [0.29, 0.717) is 11.6 Å². The van der Waals surface area contributed by atoms with Crippen LogP contribution in [-0.4, -0.2) is 50.0 Å². The van der Waals surface area contributed by atoms with Crippen molar-refractivity contribution < 1.29 is 22.5 Å². The topological polar surface area (TPSA) is 115 Å². The summed E-state index contributed by atoms with van der Waals surface area (Å²) < 4.78 is 35.8. The van der Waals surface area contributed by atoms with Gasteiger partial charge < -0.3 is 14.6 Å². The van der Waals surface area contributed by atoms with E-state index in [9.17, 15) is 13.2 Å². The Morgan fingerprint density at radius 1 is 1.17 bits per heavy atom. The number of carbonyl (C=O) groups excluding carboxylic acids is 1. The minimum absolute atomic E-state index is 0.00659. The molecule has 3 rings (SSSR count). The molecule has 9 nitrogen and oxygen atoms in total. The fourth-order valence-corrected chi connectivity index (χ4v) is 3.40. The fourth-order valence-electron chi connectivity index (χ4n) is 2.45. The Labute approximate surface area is 168 Å². The monoisotopic (exact) mass is 416 g/mol. The van der Waals surface area contributed by atoms with Gasteiger partial charge in [0.15, 0.2) is 0 Å². The zero-order valence-electron chi connectivity index (χ0n) is 16.1. The molecule has 0 bridgehead atoms. The Kier molecular flexibility index (Phi) is 5.95. The van der Waals surface area contributed by atoms with Gasteiger partial charge in [-0.15, -0.1) is 0 Å². The molecule has 29 heavy (non-hydrogen) atoms. The number of sulfonamides is 1. The van der Waals surface area contributed by atoms with Crippen LogP contribution in [0.25, 0.3) is 11.4 Å². The van der Waals surface area contributed by atoms with E-state index in [4.69, 9.17) is 9.26 Å². The number of nitrogens with one attached hydrogen (secondary N) is 1. The van der Waals surface area contributed by atoms with Gasteiger partial charge in [0.1, 0.15) is 5.75 Å². The lowest BCUT2D eigenvalue weighted by Crippen LogP contribution is -2.25. The van der Waals surface area contributed by atoms with Crippen LogP contribution in [0.5, 0.6) is 5.75 Å². The summed E-state index contributed by atoms with van der Waals surface area (Å²) in [6, 6.07) is 12.9. The van der Waals surface area contributed by atoms with Crippen molar-refractivity contribution in [3.63, 3.8) is 0 Å². The zero-order valence-corrected chi connectivity index (χ0v) is 16.9. The molecule has 0 radical (unpaired) electrons. The predicted octanol–water partition coefficient (Wildman–Crippen LogP) is 1.93. The highest BCUT2D eigenvalue weighted by Crippen LogP contribution is 2.20. The van der Waals surface area contributed by atoms with Gasteiger partial charge in [-0.2, -0.15) is 4.98 Å². The third kappa shape index (κ3) is 4.61. The molecule has 0 spiro atoms. The van der Waals surface area contributed by atoms with Crippen LogP contribution in [0.2, 0.25) is 0 Å². The van der Waals surface area contributed by atoms with Crippen molar-refractivity contribution in [3.05, 3.63) is 60.0 Å². The van der Waals surface area contributed by atoms with Crippen LogP contribution in [0.4, 0.5) is 0 Å². The molecule has 1 amide bonds. The second-order valence-electron chi connectivity index (χ2n) is 6.24. The van der Waals surface area contributed by atoms with Gasteiger partial charge in [0, 0.05) is 25.2 Å². The highest BCUT2D eigenvalue weighted by molar-refractivity contribution is 7.89. The van der Waals surface area contributed by atoms with Crippen molar-refractivity contribution in [1.82, 2.24) is 19.8 Å². The lowest BCUT2D eigenvalue weighted by Gasteiger charge is -2.12. The Bertz CT molecular complexity index is 1110. The van der Waals surface area contributed by atoms with E-state index in [2.05, 4.69) is 15.5 Å². The molecule has 0 aliphatic heterocycles. The molecule has 0 saturated heterocycles. The maximum absolute atomic E-state index is 12.4. The Balaban J connectivity index is 1.68. The quantitative estimate of drug-likeness (QED) is 0.626. The third-order valence-electron chi connectivity index (χ3n) is 4.09. The summed E-state index contributed by atoms with van der Waals surface area (Å²) in [6.45, 7) is 0.00659. The van der Waals surface area contributed by atoms with E-state index in [1.165, 1.54) is 38.4 Å². The molecular formula is C19H20N4O5S. The second kappa shape index (κ2) is 8.41. The third-order valence-corrected chi connectivity index (χ3v) is 5.90. The highest BCUT2D eigenvalue weighted by Gasteiger charge is 2.19. The summed E-state index contributed by atoms with van der Waals surface area (Å²) in [6.07, 6.45) is 0. The van der Waals surface area contributed by atoms with E-state index in [1.54, 1.807) is 31.4 Å². The van der Waals surface area contributed by atoms with Crippen LogP contribution in [0, 0.1) is 0 Å². The van der Waals surface area contributed by atoms with Crippen molar-refractivity contribution in [3.8, 4) is 17.1 Å². The lowest BCUT2D eigenvalue weighted by molar-refractivity contribution is 0.0946. The van der Waals surface area contributed by atoms with Gasteiger partial charge in [-0.05, 0) is 42.5 Å². The van der Waals surface area contributed by atoms with Gasteiger partial charge in [0.05, 0.1) is 18.6 Å². The smallest absolute Gasteiger partial charge is 0.251 e. The van der Waals surface area contributed by atoms with Crippen molar-refractivity contribution in [2.24, 2.45) is 0 Å². The van der Waals surface area contributed by atoms with E-state index in [-0.39, 0.29) is 22.9 Å². The predicted molar refractivity (Wildman–Crippen MR) is 105 cm³/mol. The first-order valence-corrected chi connectivity index (χ1v) is 10.0. The number of aromatic nitrogens is 2. The maximum Gasteiger partial charge on any atom is 0.251 e. The van der Waals surface area contributed by atoms with E-state index >= 15 is 0 Å². The van der Waals surface area contributed by atoms with Crippen molar-refractivity contribution in [1.29, 1.82) is 0 Å². The largest absolute Gasteiger partial charge is 0.497 e. The summed E-state index contributed by atoms with van der Waals surface area (Å²) in [5.74, 6) is 0.866. The number of hydrogen-bond donors (Lipinski definition) is 1. The number of nitrogens with zero attached hydrogens (tertiary/aromatic N) is 3. The molecule has 1 heterocycles. The summed E-state index contributed by atoms with van der Waals surface area (Å²) >= 11 is 0. The first kappa shape index (κ1) is 20.5. The SMILES string of the molecule is COc1ccc(-c2noc(CNC(=O)c3cccc(S(=O)(=O)N(C)C)c3)n2)cc1. The van der Waals surface area contributed by atoms with Gasteiger partial charge in [-0.1, -0.05) is 11.2 Å². The van der Waals surface area contributed by atoms with E-state index in [0.717, 1.165) is 9.87 Å². The van der Waals surface area contributed by atoms with Gasteiger partial charge in [-0.3, -0.25) is 4.79 Å². The number of benzene rings is 2. The van der Waals surface area contributed by atoms with E-state index < -0.39 is 15.9 Å². The van der Waals surface area contributed by atoms with Gasteiger partial charge in [0.25, 0.3) is 5.91 Å². The van der Waals surface area contributed by atoms with Crippen LogP contribution in [0.3, 0.4) is 0 Å². The van der Waals surface area contributed by atoms with Crippen LogP contribution in [0.15, 0.2) is 57.9 Å². The molecule has 0 fully saturated rings. The molecule has 10 heteroatoms. The first-order chi connectivity index (χ1) is 13.8. The minimum atomic E-state index is -3.63. The Morgan fingerprint density at radius 2 is 1.90 bits per heavy atom. The van der Waals surface area contributed by atoms with Gasteiger partial charge in [-0.25, -0.2) is 12.7 Å². The molecule has 0 saturated carbocycles. The van der Waals surface area contributed by atoms with Crippen molar-refractivity contribution in [2.45, 2.75) is 11.4 Å². The van der Waals surface area contributed by atoms with Crippen LogP contribution in [0.1, 0.15) is 16.2 Å².